The summed E-state index contributed by atoms with van der Waals surface area (Å²) in [6.07, 6.45) is 0. The summed E-state index contributed by atoms with van der Waals surface area (Å²) in [5.41, 5.74) is 6.30. The van der Waals surface area contributed by atoms with Crippen LogP contribution in [0.1, 0.15) is 32.7 Å². The maximum absolute atomic E-state index is 12.7. The van der Waals surface area contributed by atoms with Crippen LogP contribution in [0, 0.1) is 13.8 Å². The molecule has 28 heavy (non-hydrogen) atoms. The van der Waals surface area contributed by atoms with Gasteiger partial charge < -0.3 is 15.0 Å². The van der Waals surface area contributed by atoms with Gasteiger partial charge in [0, 0.05) is 37.3 Å². The summed E-state index contributed by atoms with van der Waals surface area (Å²) in [7, 11) is 0. The molecule has 0 atom stereocenters. The molecule has 1 aromatic heterocycles. The van der Waals surface area contributed by atoms with E-state index in [1.807, 2.05) is 19.1 Å². The Morgan fingerprint density at radius 2 is 1.79 bits per heavy atom. The summed E-state index contributed by atoms with van der Waals surface area (Å²) in [6.45, 7) is 9.19. The number of aromatic amines is 1. The molecule has 1 saturated heterocycles. The van der Waals surface area contributed by atoms with Gasteiger partial charge in [-0.25, -0.2) is 0 Å². The number of carbonyl (C=O) groups excluding carboxylic acids is 1. The Hall–Kier alpha value is -2.63. The molecule has 2 N–H and O–H groups in total. The number of rotatable bonds is 5. The third-order valence-electron chi connectivity index (χ3n) is 5.57. The lowest BCUT2D eigenvalue weighted by Gasteiger charge is -2.26. The van der Waals surface area contributed by atoms with Gasteiger partial charge in [0.25, 0.3) is 5.91 Å². The second-order valence-corrected chi connectivity index (χ2v) is 7.49. The van der Waals surface area contributed by atoms with Gasteiger partial charge in [-0.3, -0.25) is 9.69 Å². The van der Waals surface area contributed by atoms with Crippen LogP contribution < -0.4 is 5.32 Å². The van der Waals surface area contributed by atoms with E-state index in [2.05, 4.69) is 52.5 Å². The number of aromatic nitrogens is 1. The van der Waals surface area contributed by atoms with E-state index in [1.54, 1.807) is 0 Å². The van der Waals surface area contributed by atoms with Gasteiger partial charge >= 0.3 is 0 Å². The smallest absolute Gasteiger partial charge is 0.253 e. The first kappa shape index (κ1) is 18.7. The van der Waals surface area contributed by atoms with Crippen LogP contribution in [0.2, 0.25) is 0 Å². The zero-order valence-corrected chi connectivity index (χ0v) is 16.5. The number of nitrogens with one attached hydrogen (secondary N) is 2. The van der Waals surface area contributed by atoms with Crippen molar-refractivity contribution >= 4 is 16.8 Å². The highest BCUT2D eigenvalue weighted by Crippen LogP contribution is 2.24. The summed E-state index contributed by atoms with van der Waals surface area (Å²) in [4.78, 5) is 18.5. The normalized spacial score (nSPS) is 15.1. The third kappa shape index (κ3) is 3.96. The van der Waals surface area contributed by atoms with Gasteiger partial charge in [-0.1, -0.05) is 36.4 Å². The van der Waals surface area contributed by atoms with Crippen molar-refractivity contribution in [2.24, 2.45) is 0 Å². The first-order chi connectivity index (χ1) is 13.6. The number of fused-ring (bicyclic) bond motifs is 1. The summed E-state index contributed by atoms with van der Waals surface area (Å²) in [6, 6.07) is 14.4. The van der Waals surface area contributed by atoms with Crippen LogP contribution in [0.15, 0.2) is 42.5 Å². The molecular weight excluding hydrogens is 350 g/mol. The molecule has 4 rings (SSSR count). The fourth-order valence-corrected chi connectivity index (χ4v) is 3.73. The van der Waals surface area contributed by atoms with E-state index in [-0.39, 0.29) is 5.91 Å². The SMILES string of the molecule is Cc1[nH]c2c(C(=O)NCc3ccc(CN4CCOCC4)cc3)cccc2c1C. The van der Waals surface area contributed by atoms with Gasteiger partial charge in [-0.2, -0.15) is 0 Å². The number of benzene rings is 2. The molecule has 0 radical (unpaired) electrons. The minimum Gasteiger partial charge on any atom is -0.379 e. The van der Waals surface area contributed by atoms with Gasteiger partial charge in [0.05, 0.1) is 24.3 Å². The standard InChI is InChI=1S/C23H27N3O2/c1-16-17(2)25-22-20(16)4-3-5-21(22)23(27)24-14-18-6-8-19(9-7-18)15-26-10-12-28-13-11-26/h3-9,25H,10-15H2,1-2H3,(H,24,27). The molecule has 1 aliphatic rings. The number of carbonyl (C=O) groups is 1. The Kier molecular flexibility index (Phi) is 5.46. The molecule has 1 amide bonds. The van der Waals surface area contributed by atoms with Crippen molar-refractivity contribution in [1.29, 1.82) is 0 Å². The van der Waals surface area contributed by atoms with E-state index in [0.717, 1.165) is 55.0 Å². The summed E-state index contributed by atoms with van der Waals surface area (Å²) < 4.78 is 5.40. The van der Waals surface area contributed by atoms with Gasteiger partial charge in [-0.15, -0.1) is 0 Å². The molecule has 2 aromatic carbocycles. The van der Waals surface area contributed by atoms with Gasteiger partial charge in [-0.05, 0) is 36.6 Å². The van der Waals surface area contributed by atoms with Crippen molar-refractivity contribution in [2.45, 2.75) is 26.9 Å². The minimum absolute atomic E-state index is 0.0516. The Morgan fingerprint density at radius 3 is 2.54 bits per heavy atom. The molecule has 1 aliphatic heterocycles. The molecule has 146 valence electrons. The second kappa shape index (κ2) is 8.17. The first-order valence-corrected chi connectivity index (χ1v) is 9.86. The van der Waals surface area contributed by atoms with Crippen LogP contribution >= 0.6 is 0 Å². The number of aryl methyl sites for hydroxylation is 2. The predicted octanol–water partition coefficient (Wildman–Crippen LogP) is 3.55. The lowest BCUT2D eigenvalue weighted by atomic mass is 10.1. The number of hydrogen-bond donors (Lipinski definition) is 2. The molecule has 5 heteroatoms. The van der Waals surface area contributed by atoms with E-state index >= 15 is 0 Å². The van der Waals surface area contributed by atoms with Crippen LogP contribution in [-0.4, -0.2) is 42.1 Å². The topological polar surface area (TPSA) is 57.4 Å². The number of para-hydroxylation sites is 1. The predicted molar refractivity (Wildman–Crippen MR) is 111 cm³/mol. The fraction of sp³-hybridized carbons (Fsp3) is 0.348. The van der Waals surface area contributed by atoms with E-state index in [1.165, 1.54) is 11.1 Å². The number of H-pyrrole nitrogens is 1. The number of hydrogen-bond acceptors (Lipinski definition) is 3. The zero-order valence-electron chi connectivity index (χ0n) is 16.5. The number of nitrogens with zero attached hydrogens (tertiary/aromatic N) is 1. The average Bonchev–Trinajstić information content (AvgIpc) is 3.02. The molecule has 0 saturated carbocycles. The van der Waals surface area contributed by atoms with Gasteiger partial charge in [0.1, 0.15) is 0 Å². The van der Waals surface area contributed by atoms with Gasteiger partial charge in [0.15, 0.2) is 0 Å². The van der Waals surface area contributed by atoms with Crippen LogP contribution in [0.5, 0.6) is 0 Å². The first-order valence-electron chi connectivity index (χ1n) is 9.86. The largest absolute Gasteiger partial charge is 0.379 e. The summed E-state index contributed by atoms with van der Waals surface area (Å²) >= 11 is 0. The van der Waals surface area contributed by atoms with Crippen molar-refractivity contribution < 1.29 is 9.53 Å². The molecule has 3 aromatic rings. The average molecular weight is 377 g/mol. The number of ether oxygens (including phenoxy) is 1. The van der Waals surface area contributed by atoms with Crippen molar-refractivity contribution in [1.82, 2.24) is 15.2 Å². The lowest BCUT2D eigenvalue weighted by Crippen LogP contribution is -2.35. The minimum atomic E-state index is -0.0516. The quantitative estimate of drug-likeness (QED) is 0.715. The molecule has 0 unspecified atom stereocenters. The summed E-state index contributed by atoms with van der Waals surface area (Å²) in [5.74, 6) is -0.0516. The molecule has 0 aliphatic carbocycles. The second-order valence-electron chi connectivity index (χ2n) is 7.49. The van der Waals surface area contributed by atoms with Crippen molar-refractivity contribution in [3.8, 4) is 0 Å². The molecular formula is C23H27N3O2. The zero-order chi connectivity index (χ0) is 19.5. The molecule has 2 heterocycles. The van der Waals surface area contributed by atoms with E-state index in [0.29, 0.717) is 12.1 Å². The summed E-state index contributed by atoms with van der Waals surface area (Å²) in [5, 5.41) is 4.16. The van der Waals surface area contributed by atoms with Crippen LogP contribution in [-0.2, 0) is 17.8 Å². The Labute approximate surface area is 165 Å². The van der Waals surface area contributed by atoms with Crippen LogP contribution in [0.3, 0.4) is 0 Å². The van der Waals surface area contributed by atoms with Gasteiger partial charge in [0.2, 0.25) is 0 Å². The highest BCUT2D eigenvalue weighted by molar-refractivity contribution is 6.06. The Balaban J connectivity index is 1.39. The van der Waals surface area contributed by atoms with E-state index in [9.17, 15) is 4.79 Å². The van der Waals surface area contributed by atoms with E-state index in [4.69, 9.17) is 4.74 Å². The van der Waals surface area contributed by atoms with Crippen molar-refractivity contribution in [3.05, 3.63) is 70.4 Å². The molecule has 0 spiro atoms. The Bertz CT molecular complexity index is 969. The number of morpholine rings is 1. The van der Waals surface area contributed by atoms with Crippen LogP contribution in [0.4, 0.5) is 0 Å². The maximum Gasteiger partial charge on any atom is 0.253 e. The third-order valence-corrected chi connectivity index (χ3v) is 5.57. The lowest BCUT2D eigenvalue weighted by molar-refractivity contribution is 0.0342. The van der Waals surface area contributed by atoms with E-state index < -0.39 is 0 Å². The highest BCUT2D eigenvalue weighted by Gasteiger charge is 2.14. The monoisotopic (exact) mass is 377 g/mol. The molecule has 1 fully saturated rings. The van der Waals surface area contributed by atoms with Crippen LogP contribution in [0.25, 0.3) is 10.9 Å². The molecule has 0 bridgehead atoms. The Morgan fingerprint density at radius 1 is 1.07 bits per heavy atom. The van der Waals surface area contributed by atoms with Crippen molar-refractivity contribution in [3.63, 3.8) is 0 Å². The van der Waals surface area contributed by atoms with Crippen molar-refractivity contribution in [2.75, 3.05) is 26.3 Å². The fourth-order valence-electron chi connectivity index (χ4n) is 3.73. The maximum atomic E-state index is 12.7. The number of amides is 1. The highest BCUT2D eigenvalue weighted by atomic mass is 16.5. The molecule has 5 nitrogen and oxygen atoms in total.